The second kappa shape index (κ2) is 11.1. The van der Waals surface area contributed by atoms with Crippen molar-refractivity contribution in [1.82, 2.24) is 14.8 Å². The van der Waals surface area contributed by atoms with E-state index < -0.39 is 70.6 Å². The molecule has 1 aliphatic rings. The summed E-state index contributed by atoms with van der Waals surface area (Å²) in [5.74, 6) is -3.51. The fraction of sp³-hybridized carbons (Fsp3) is 0.0833. The largest absolute Gasteiger partial charge is 0.425 e. The van der Waals surface area contributed by atoms with Crippen LogP contribution in [0.25, 0.3) is 0 Å². The van der Waals surface area contributed by atoms with Crippen molar-refractivity contribution in [2.24, 2.45) is 0 Å². The van der Waals surface area contributed by atoms with Gasteiger partial charge in [0.25, 0.3) is 43.2 Å². The van der Waals surface area contributed by atoms with Crippen LogP contribution in [-0.4, -0.2) is 62.9 Å². The van der Waals surface area contributed by atoms with Crippen molar-refractivity contribution in [2.75, 3.05) is 5.32 Å². The van der Waals surface area contributed by atoms with E-state index in [1.165, 1.54) is 12.1 Å². The lowest BCUT2D eigenvalue weighted by Gasteiger charge is -2.26. The van der Waals surface area contributed by atoms with E-state index in [1.54, 1.807) is 0 Å². The summed E-state index contributed by atoms with van der Waals surface area (Å²) in [6.45, 7) is 0. The van der Waals surface area contributed by atoms with Gasteiger partial charge in [0.05, 0.1) is 4.90 Å². The zero-order chi connectivity index (χ0) is 31.0. The molecule has 0 fully saturated rings. The molecule has 0 saturated heterocycles. The van der Waals surface area contributed by atoms with Crippen molar-refractivity contribution in [1.29, 1.82) is 0 Å². The van der Waals surface area contributed by atoms with E-state index in [4.69, 9.17) is 0 Å². The molecule has 2 atom stereocenters. The molecular weight excluding hydrogens is 600 g/mol. The first-order chi connectivity index (χ1) is 19.6. The summed E-state index contributed by atoms with van der Waals surface area (Å²) in [7, 11) is -10.1. The molecular formula is C24H20N4O12S2. The van der Waals surface area contributed by atoms with E-state index >= 15 is 0 Å². The highest BCUT2D eigenvalue weighted by Crippen LogP contribution is 2.36. The maximum absolute atomic E-state index is 12.5. The van der Waals surface area contributed by atoms with Gasteiger partial charge in [-0.2, -0.15) is 16.8 Å². The van der Waals surface area contributed by atoms with Crippen LogP contribution >= 0.6 is 0 Å². The molecule has 1 unspecified atom stereocenters. The minimum Gasteiger partial charge on any atom is -0.425 e. The number of nitrogens with one attached hydrogen (secondary N) is 2. The van der Waals surface area contributed by atoms with Gasteiger partial charge >= 0.3 is 0 Å². The Balaban J connectivity index is 1.69. The van der Waals surface area contributed by atoms with Gasteiger partial charge in [-0.15, -0.1) is 9.46 Å². The van der Waals surface area contributed by atoms with Crippen molar-refractivity contribution in [3.8, 4) is 0 Å². The first-order valence-corrected chi connectivity index (χ1v) is 14.5. The molecule has 18 heteroatoms. The average molecular weight is 621 g/mol. The number of amides is 2. The number of aromatic nitrogens is 2. The number of rotatable bonds is 7. The van der Waals surface area contributed by atoms with Crippen molar-refractivity contribution >= 4 is 37.7 Å². The van der Waals surface area contributed by atoms with Crippen molar-refractivity contribution < 1.29 is 45.9 Å². The Morgan fingerprint density at radius 1 is 0.786 bits per heavy atom. The number of hydrogen-bond donors (Lipinski definition) is 6. The van der Waals surface area contributed by atoms with Gasteiger partial charge in [0, 0.05) is 29.4 Å². The third kappa shape index (κ3) is 6.15. The first-order valence-electron chi connectivity index (χ1n) is 11.5. The number of carbonyl (C=O) groups is 2. The lowest BCUT2D eigenvalue weighted by molar-refractivity contribution is 0.0903. The monoisotopic (exact) mass is 620 g/mol. The van der Waals surface area contributed by atoms with E-state index in [0.29, 0.717) is 0 Å². The summed E-state index contributed by atoms with van der Waals surface area (Å²) < 4.78 is 69.2. The maximum atomic E-state index is 12.5. The molecule has 4 rings (SSSR count). The molecule has 0 saturated carbocycles. The zero-order valence-electron chi connectivity index (χ0n) is 20.8. The van der Waals surface area contributed by atoms with Gasteiger partial charge in [-0.3, -0.25) is 28.3 Å². The third-order valence-electron chi connectivity index (χ3n) is 6.02. The molecule has 0 spiro atoms. The Kier molecular flexibility index (Phi) is 7.90. The number of anilines is 1. The second-order valence-electron chi connectivity index (χ2n) is 8.74. The molecule has 6 N–H and O–H groups in total. The number of hydrogen-bond acceptors (Lipinski definition) is 10. The van der Waals surface area contributed by atoms with Gasteiger partial charge in [-0.05, 0) is 42.0 Å². The lowest BCUT2D eigenvalue weighted by atomic mass is 9.90. The fourth-order valence-corrected chi connectivity index (χ4v) is 5.80. The molecule has 0 bridgehead atoms. The summed E-state index contributed by atoms with van der Waals surface area (Å²) in [5, 5.41) is 22.1. The molecule has 3 aromatic rings. The highest BCUT2D eigenvalue weighted by atomic mass is 32.2. The van der Waals surface area contributed by atoms with Crippen molar-refractivity contribution in [3.05, 3.63) is 116 Å². The van der Waals surface area contributed by atoms with Gasteiger partial charge in [0.1, 0.15) is 16.6 Å². The smallest absolute Gasteiger partial charge is 0.294 e. The van der Waals surface area contributed by atoms with Crippen LogP contribution in [-0.2, 0) is 20.2 Å². The van der Waals surface area contributed by atoms with Crippen LogP contribution in [0, 0.1) is 0 Å². The van der Waals surface area contributed by atoms with E-state index in [1.807, 2.05) is 0 Å². The summed E-state index contributed by atoms with van der Waals surface area (Å²) in [6, 6.07) is 9.50. The van der Waals surface area contributed by atoms with Crippen LogP contribution in [0.5, 0.6) is 0 Å². The van der Waals surface area contributed by atoms with Crippen LogP contribution in [0.15, 0.2) is 93.0 Å². The number of benzene rings is 1. The lowest BCUT2D eigenvalue weighted by Crippen LogP contribution is -2.34. The minimum atomic E-state index is -5.08. The molecule has 2 amide bonds. The SMILES string of the molecule is O=C(NC1=CC(S(=O)(=O)O)[C@@H](c2ccc(NC(=O)c3cccc(=O)n3O)cc2S(=O)(=O)O)C=C1)c1cccc(=O)n1O. The molecule has 0 aliphatic heterocycles. The third-order valence-corrected chi connectivity index (χ3v) is 8.04. The van der Waals surface area contributed by atoms with Crippen molar-refractivity contribution in [2.45, 2.75) is 16.1 Å². The summed E-state index contributed by atoms with van der Waals surface area (Å²) in [6.07, 6.45) is 3.15. The summed E-state index contributed by atoms with van der Waals surface area (Å²) in [5.41, 5.74) is -3.62. The highest BCUT2D eigenvalue weighted by Gasteiger charge is 2.36. The predicted octanol–water partition coefficient (Wildman–Crippen LogP) is 0.207. The average Bonchev–Trinajstić information content (AvgIpc) is 2.90. The maximum Gasteiger partial charge on any atom is 0.294 e. The van der Waals surface area contributed by atoms with E-state index in [-0.39, 0.29) is 26.4 Å². The number of allylic oxidation sites excluding steroid dienone is 2. The quantitative estimate of drug-likeness (QED) is 0.153. The Labute approximate surface area is 235 Å². The molecule has 1 aromatic carbocycles. The molecule has 42 heavy (non-hydrogen) atoms. The number of pyridine rings is 2. The minimum absolute atomic E-state index is 0.0527. The van der Waals surface area contributed by atoms with Crippen molar-refractivity contribution in [3.63, 3.8) is 0 Å². The molecule has 1 aliphatic carbocycles. The van der Waals surface area contributed by atoms with E-state index in [2.05, 4.69) is 10.6 Å². The zero-order valence-corrected chi connectivity index (χ0v) is 22.5. The number of nitrogens with zero attached hydrogens (tertiary/aromatic N) is 2. The standard InChI is InChI=1S/C24H20N4O12S2/c29-21-5-1-3-17(27(21)33)23(31)25-13-7-9-15(19(11-13)41(35,36)37)16-10-8-14(12-20(16)42(38,39)40)26-24(32)18-4-2-6-22(30)28(18)34/h1-12,15,19,33-34H,(H,25,31)(H,26,32)(H,35,36,37)(H,38,39,40)/t15-,19?/m1/s1. The Morgan fingerprint density at radius 3 is 1.86 bits per heavy atom. The summed E-state index contributed by atoms with van der Waals surface area (Å²) >= 11 is 0. The van der Waals surface area contributed by atoms with E-state index in [0.717, 1.165) is 60.7 Å². The molecule has 16 nitrogen and oxygen atoms in total. The number of carbonyl (C=O) groups excluding carboxylic acids is 2. The summed E-state index contributed by atoms with van der Waals surface area (Å²) in [4.78, 5) is 47.4. The van der Waals surface area contributed by atoms with Crippen LogP contribution in [0.3, 0.4) is 0 Å². The van der Waals surface area contributed by atoms with Crippen LogP contribution in [0.1, 0.15) is 32.5 Å². The Morgan fingerprint density at radius 2 is 1.33 bits per heavy atom. The molecule has 2 heterocycles. The predicted molar refractivity (Wildman–Crippen MR) is 143 cm³/mol. The van der Waals surface area contributed by atoms with Gasteiger partial charge < -0.3 is 21.0 Å². The van der Waals surface area contributed by atoms with Crippen LogP contribution < -0.4 is 21.8 Å². The topological polar surface area (TPSA) is 251 Å². The van der Waals surface area contributed by atoms with E-state index in [9.17, 15) is 55.5 Å². The Hall–Kier alpha value is -5.04. The second-order valence-corrected chi connectivity index (χ2v) is 11.7. The van der Waals surface area contributed by atoms with Gasteiger partial charge in [0.15, 0.2) is 0 Å². The molecule has 0 radical (unpaired) electrons. The van der Waals surface area contributed by atoms with Crippen LogP contribution in [0.2, 0.25) is 0 Å². The van der Waals surface area contributed by atoms with Crippen LogP contribution in [0.4, 0.5) is 5.69 Å². The Bertz CT molecular complexity index is 2010. The molecule has 2 aromatic heterocycles. The fourth-order valence-electron chi connectivity index (χ4n) is 4.10. The van der Waals surface area contributed by atoms with Gasteiger partial charge in [-0.1, -0.05) is 24.3 Å². The normalized spacial score (nSPS) is 16.9. The van der Waals surface area contributed by atoms with Gasteiger partial charge in [-0.25, -0.2) is 0 Å². The first kappa shape index (κ1) is 29.9. The van der Waals surface area contributed by atoms with Gasteiger partial charge in [0.2, 0.25) is 0 Å². The molecule has 220 valence electrons. The highest BCUT2D eigenvalue weighted by molar-refractivity contribution is 7.86.